The molecule has 5 nitrogen and oxygen atoms in total. The second-order valence-electron chi connectivity index (χ2n) is 7.56. The fraction of sp³-hybridized carbons (Fsp3) is 0.882. The molecule has 1 N–H and O–H groups in total. The largest absolute Gasteiger partial charge is 0.350 e. The van der Waals surface area contributed by atoms with Crippen molar-refractivity contribution in [3.63, 3.8) is 0 Å². The number of nitrogens with zero attached hydrogens (tertiary/aromatic N) is 2. The molecule has 1 aliphatic carbocycles. The summed E-state index contributed by atoms with van der Waals surface area (Å²) in [6.07, 6.45) is 5.40. The van der Waals surface area contributed by atoms with Gasteiger partial charge in [-0.2, -0.15) is 0 Å². The third kappa shape index (κ3) is 3.14. The molecular weight excluding hydrogens is 278 g/mol. The monoisotopic (exact) mass is 307 g/mol. The van der Waals surface area contributed by atoms with E-state index in [4.69, 9.17) is 0 Å². The van der Waals surface area contributed by atoms with E-state index < -0.39 is 0 Å². The third-order valence-electron chi connectivity index (χ3n) is 5.32. The first-order valence-electron chi connectivity index (χ1n) is 8.84. The van der Waals surface area contributed by atoms with E-state index in [0.29, 0.717) is 6.04 Å². The molecule has 2 amide bonds. The van der Waals surface area contributed by atoms with Gasteiger partial charge in [0.15, 0.2) is 0 Å². The zero-order chi connectivity index (χ0) is 15.9. The van der Waals surface area contributed by atoms with Crippen LogP contribution in [-0.2, 0) is 9.59 Å². The Balaban J connectivity index is 1.56. The predicted molar refractivity (Wildman–Crippen MR) is 85.3 cm³/mol. The van der Waals surface area contributed by atoms with Crippen LogP contribution in [0.3, 0.4) is 0 Å². The molecule has 0 spiro atoms. The molecule has 2 aliphatic heterocycles. The summed E-state index contributed by atoms with van der Waals surface area (Å²) in [6.45, 7) is 7.77. The van der Waals surface area contributed by atoms with E-state index in [1.54, 1.807) is 4.90 Å². The molecule has 124 valence electrons. The molecule has 5 heteroatoms. The summed E-state index contributed by atoms with van der Waals surface area (Å²) in [5.41, 5.74) is 0. The van der Waals surface area contributed by atoms with Crippen LogP contribution in [0.25, 0.3) is 0 Å². The molecule has 3 aliphatic rings. The van der Waals surface area contributed by atoms with Gasteiger partial charge in [0, 0.05) is 37.1 Å². The summed E-state index contributed by atoms with van der Waals surface area (Å²) >= 11 is 0. The average molecular weight is 307 g/mol. The van der Waals surface area contributed by atoms with Gasteiger partial charge in [-0.25, -0.2) is 0 Å². The van der Waals surface area contributed by atoms with Crippen LogP contribution >= 0.6 is 0 Å². The second kappa shape index (κ2) is 6.19. The number of rotatable bonds is 4. The zero-order valence-electron chi connectivity index (χ0n) is 14.0. The Morgan fingerprint density at radius 1 is 1.18 bits per heavy atom. The fourth-order valence-corrected chi connectivity index (χ4v) is 4.01. The normalized spacial score (nSPS) is 32.7. The van der Waals surface area contributed by atoms with Crippen molar-refractivity contribution < 1.29 is 9.59 Å². The second-order valence-corrected chi connectivity index (χ2v) is 7.56. The van der Waals surface area contributed by atoms with Crippen molar-refractivity contribution in [1.29, 1.82) is 0 Å². The molecule has 0 radical (unpaired) electrons. The van der Waals surface area contributed by atoms with Crippen molar-refractivity contribution in [2.75, 3.05) is 13.1 Å². The molecule has 0 aromatic rings. The molecule has 2 saturated heterocycles. The number of hydrogen-bond acceptors (Lipinski definition) is 3. The minimum Gasteiger partial charge on any atom is -0.350 e. The van der Waals surface area contributed by atoms with Gasteiger partial charge in [0.2, 0.25) is 11.8 Å². The summed E-state index contributed by atoms with van der Waals surface area (Å²) in [6, 6.07) is 1.32. The van der Waals surface area contributed by atoms with E-state index in [1.165, 1.54) is 12.8 Å². The van der Waals surface area contributed by atoms with E-state index in [-0.39, 0.29) is 29.8 Å². The Labute approximate surface area is 133 Å². The summed E-state index contributed by atoms with van der Waals surface area (Å²) in [4.78, 5) is 29.2. The first kappa shape index (κ1) is 15.8. The number of nitrogens with one attached hydrogen (secondary N) is 1. The van der Waals surface area contributed by atoms with Crippen LogP contribution in [-0.4, -0.2) is 58.9 Å². The van der Waals surface area contributed by atoms with Crippen LogP contribution in [0.2, 0.25) is 0 Å². The maximum Gasteiger partial charge on any atom is 0.243 e. The summed E-state index contributed by atoms with van der Waals surface area (Å²) in [5, 5.41) is 3.21. The maximum atomic E-state index is 12.6. The van der Waals surface area contributed by atoms with Gasteiger partial charge >= 0.3 is 0 Å². The molecular formula is C17H29N3O2. The standard InChI is InChI=1S/C17H29N3O2/c1-11(2)17(22)19-8-4-5-15(19)16(21)18-13-9-12(3)20(10-13)14-6-7-14/h11-15H,4-10H2,1-3H3,(H,18,21)/t12-,13-,15-/m1/s1. The lowest BCUT2D eigenvalue weighted by molar-refractivity contribution is -0.141. The minimum atomic E-state index is -0.250. The number of likely N-dealkylation sites (tertiary alicyclic amines) is 2. The Morgan fingerprint density at radius 2 is 1.91 bits per heavy atom. The van der Waals surface area contributed by atoms with Gasteiger partial charge in [-0.05, 0) is 39.0 Å². The van der Waals surface area contributed by atoms with Gasteiger partial charge in [0.25, 0.3) is 0 Å². The lowest BCUT2D eigenvalue weighted by atomic mass is 10.1. The quantitative estimate of drug-likeness (QED) is 0.853. The summed E-state index contributed by atoms with van der Waals surface area (Å²) in [5.74, 6) is 0.128. The van der Waals surface area contributed by atoms with Crippen LogP contribution in [0, 0.1) is 5.92 Å². The van der Waals surface area contributed by atoms with Crippen molar-refractivity contribution >= 4 is 11.8 Å². The molecule has 0 aromatic heterocycles. The van der Waals surface area contributed by atoms with Crippen LogP contribution in [0.5, 0.6) is 0 Å². The summed E-state index contributed by atoms with van der Waals surface area (Å²) in [7, 11) is 0. The molecule has 2 heterocycles. The van der Waals surface area contributed by atoms with Crippen molar-refractivity contribution in [2.24, 2.45) is 5.92 Å². The van der Waals surface area contributed by atoms with Gasteiger partial charge < -0.3 is 10.2 Å². The number of hydrogen-bond donors (Lipinski definition) is 1. The van der Waals surface area contributed by atoms with Crippen molar-refractivity contribution in [2.45, 2.75) is 77.0 Å². The van der Waals surface area contributed by atoms with Crippen LogP contribution in [0.15, 0.2) is 0 Å². The zero-order valence-corrected chi connectivity index (χ0v) is 14.0. The highest BCUT2D eigenvalue weighted by Crippen LogP contribution is 2.33. The molecule has 0 aromatic carbocycles. The Hall–Kier alpha value is -1.10. The predicted octanol–water partition coefficient (Wildman–Crippen LogP) is 1.37. The van der Waals surface area contributed by atoms with E-state index in [0.717, 1.165) is 38.4 Å². The van der Waals surface area contributed by atoms with Gasteiger partial charge in [-0.15, -0.1) is 0 Å². The van der Waals surface area contributed by atoms with E-state index >= 15 is 0 Å². The number of carbonyl (C=O) groups excluding carboxylic acids is 2. The smallest absolute Gasteiger partial charge is 0.243 e. The summed E-state index contributed by atoms with van der Waals surface area (Å²) < 4.78 is 0. The Bertz CT molecular complexity index is 447. The topological polar surface area (TPSA) is 52.7 Å². The fourth-order valence-electron chi connectivity index (χ4n) is 4.01. The molecule has 0 unspecified atom stereocenters. The van der Waals surface area contributed by atoms with E-state index in [1.807, 2.05) is 13.8 Å². The van der Waals surface area contributed by atoms with E-state index in [9.17, 15) is 9.59 Å². The molecule has 0 bridgehead atoms. The van der Waals surface area contributed by atoms with Gasteiger partial charge in [0.05, 0.1) is 0 Å². The first-order valence-corrected chi connectivity index (χ1v) is 8.84. The Morgan fingerprint density at radius 3 is 2.55 bits per heavy atom. The lowest BCUT2D eigenvalue weighted by Crippen LogP contribution is -2.50. The number of amides is 2. The molecule has 22 heavy (non-hydrogen) atoms. The highest BCUT2D eigenvalue weighted by atomic mass is 16.2. The maximum absolute atomic E-state index is 12.6. The van der Waals surface area contributed by atoms with Crippen LogP contribution < -0.4 is 5.32 Å². The van der Waals surface area contributed by atoms with Gasteiger partial charge in [-0.1, -0.05) is 13.8 Å². The van der Waals surface area contributed by atoms with E-state index in [2.05, 4.69) is 17.1 Å². The lowest BCUT2D eigenvalue weighted by Gasteiger charge is -2.27. The van der Waals surface area contributed by atoms with Crippen molar-refractivity contribution in [1.82, 2.24) is 15.1 Å². The van der Waals surface area contributed by atoms with Crippen LogP contribution in [0.4, 0.5) is 0 Å². The SMILES string of the molecule is CC(C)C(=O)N1CCC[C@@H]1C(=O)N[C@@H]1C[C@@H](C)N(C2CC2)C1. The van der Waals surface area contributed by atoms with Crippen molar-refractivity contribution in [3.05, 3.63) is 0 Å². The Kier molecular flexibility index (Phi) is 4.44. The number of carbonyl (C=O) groups is 2. The highest BCUT2D eigenvalue weighted by molar-refractivity contribution is 5.89. The van der Waals surface area contributed by atoms with Crippen molar-refractivity contribution in [3.8, 4) is 0 Å². The average Bonchev–Trinajstić information content (AvgIpc) is 3.06. The molecule has 3 rings (SSSR count). The first-order chi connectivity index (χ1) is 10.5. The molecule has 3 fully saturated rings. The molecule has 3 atom stereocenters. The highest BCUT2D eigenvalue weighted by Gasteiger charge is 2.41. The third-order valence-corrected chi connectivity index (χ3v) is 5.32. The van der Waals surface area contributed by atoms with Crippen LogP contribution in [0.1, 0.15) is 52.9 Å². The minimum absolute atomic E-state index is 0.0368. The molecule has 1 saturated carbocycles. The van der Waals surface area contributed by atoms with Gasteiger partial charge in [-0.3, -0.25) is 14.5 Å². The van der Waals surface area contributed by atoms with Gasteiger partial charge in [0.1, 0.15) is 6.04 Å².